The van der Waals surface area contributed by atoms with E-state index in [2.05, 4.69) is 200 Å². The number of pyridine rings is 4. The van der Waals surface area contributed by atoms with Crippen LogP contribution in [0, 0.1) is 34.0 Å². The van der Waals surface area contributed by atoms with Gasteiger partial charge in [0, 0.05) is 88.6 Å². The van der Waals surface area contributed by atoms with Gasteiger partial charge in [-0.3, -0.25) is 4.79 Å². The highest BCUT2D eigenvalue weighted by molar-refractivity contribution is 6.01. The van der Waals surface area contributed by atoms with Crippen LogP contribution in [-0.4, -0.2) is 18.5 Å². The highest BCUT2D eigenvalue weighted by atomic mass is 16.1. The topological polar surface area (TPSA) is 119 Å². The Morgan fingerprint density at radius 1 is 0.551 bits per heavy atom. The van der Waals surface area contributed by atoms with Crippen molar-refractivity contribution in [2.45, 2.75) is 57.4 Å². The molecule has 2 unspecified atom stereocenters. The molecule has 11 rings (SSSR count). The number of rotatable bonds is 16. The minimum atomic E-state index is -0.386. The average molecular weight is 1020 g/mol. The van der Waals surface area contributed by atoms with Gasteiger partial charge in [-0.05, 0) is 112 Å². The third-order valence-corrected chi connectivity index (χ3v) is 14.9. The predicted octanol–water partition coefficient (Wildman–Crippen LogP) is 10.5. The van der Waals surface area contributed by atoms with Gasteiger partial charge in [-0.15, -0.1) is 0 Å². The third kappa shape index (κ3) is 11.6. The molecule has 0 saturated heterocycles. The monoisotopic (exact) mass is 1020 g/mol. The van der Waals surface area contributed by atoms with Crippen LogP contribution >= 0.6 is 0 Å². The van der Waals surface area contributed by atoms with Crippen LogP contribution in [0.15, 0.2) is 225 Å². The van der Waals surface area contributed by atoms with Gasteiger partial charge in [0.05, 0.1) is 29.8 Å². The number of carbonyl (C=O) groups excluding carboxylic acids is 1. The van der Waals surface area contributed by atoms with Crippen LogP contribution in [0.2, 0.25) is 0 Å². The molecular formula is C68H57N9O+4. The lowest BCUT2D eigenvalue weighted by molar-refractivity contribution is -0.694. The molecule has 1 N–H and O–H groups in total. The fraction of sp³-hybridized carbons (Fsp3) is 0.147. The van der Waals surface area contributed by atoms with Gasteiger partial charge in [-0.1, -0.05) is 85.3 Å². The Morgan fingerprint density at radius 3 is 1.56 bits per heavy atom. The molecule has 1 saturated carbocycles. The lowest BCUT2D eigenvalue weighted by Crippen LogP contribution is -2.40. The van der Waals surface area contributed by atoms with Crippen LogP contribution in [0.3, 0.4) is 0 Å². The van der Waals surface area contributed by atoms with Crippen molar-refractivity contribution in [3.05, 3.63) is 281 Å². The Morgan fingerprint density at radius 2 is 1.05 bits per heavy atom. The molecule has 10 nitrogen and oxygen atoms in total. The van der Waals surface area contributed by atoms with Gasteiger partial charge in [0.2, 0.25) is 0 Å². The van der Waals surface area contributed by atoms with Crippen molar-refractivity contribution in [2.24, 2.45) is 0 Å². The molecule has 78 heavy (non-hydrogen) atoms. The van der Waals surface area contributed by atoms with E-state index in [9.17, 15) is 20.6 Å². The first-order valence-corrected chi connectivity index (χ1v) is 26.5. The number of hydrogen-bond acceptors (Lipinski definition) is 5. The van der Waals surface area contributed by atoms with Gasteiger partial charge in [0.25, 0.3) is 5.91 Å². The van der Waals surface area contributed by atoms with E-state index in [1.54, 1.807) is 6.08 Å². The molecule has 0 radical (unpaired) electrons. The summed E-state index contributed by atoms with van der Waals surface area (Å²) in [6.45, 7) is 2.91. The van der Waals surface area contributed by atoms with E-state index in [0.717, 1.165) is 58.2 Å². The number of nitriles is 3. The second kappa shape index (κ2) is 23.2. The summed E-state index contributed by atoms with van der Waals surface area (Å²) < 4.78 is 8.34. The minimum absolute atomic E-state index is 0.0841. The molecule has 1 fully saturated rings. The number of benzene rings is 5. The first-order valence-electron chi connectivity index (χ1n) is 26.5. The van der Waals surface area contributed by atoms with Crippen molar-refractivity contribution >= 4 is 35.0 Å². The number of carbonyl (C=O) groups is 1. The van der Waals surface area contributed by atoms with Crippen LogP contribution in [0.5, 0.6) is 0 Å². The van der Waals surface area contributed by atoms with Crippen LogP contribution < -0.4 is 28.5 Å². The lowest BCUT2D eigenvalue weighted by atomic mass is 9.95. The third-order valence-electron chi connectivity index (χ3n) is 14.9. The van der Waals surface area contributed by atoms with Crippen LogP contribution in [0.1, 0.15) is 80.8 Å². The molecule has 2 aliphatic rings. The highest BCUT2D eigenvalue weighted by Gasteiger charge is 2.42. The molecule has 5 aromatic carbocycles. The number of amides is 1. The predicted molar refractivity (Wildman–Crippen MR) is 301 cm³/mol. The SMILES string of the molecule is N#C/C(=C\c1ccc2c(c1)C1CCCC1N2c1ccc(C=C(c2ccccc2)c2ccccc2)cc1)C(=O)NCC[n+]1ccc(-c2cc[n+](Cc3cc(C[n+]4ccc(C#N)cc4)cc(C[n+]4ccc(C#N)cc4)c3)cc2)cc1. The zero-order valence-electron chi connectivity index (χ0n) is 43.2. The van der Waals surface area contributed by atoms with E-state index in [1.165, 1.54) is 33.6 Å². The maximum absolute atomic E-state index is 13.4. The molecule has 10 heteroatoms. The van der Waals surface area contributed by atoms with E-state index < -0.39 is 0 Å². The molecule has 0 spiro atoms. The fourth-order valence-electron chi connectivity index (χ4n) is 11.1. The Bertz CT molecular complexity index is 3680. The average Bonchev–Trinajstić information content (AvgIpc) is 4.28. The van der Waals surface area contributed by atoms with Gasteiger partial charge in [-0.25, -0.2) is 18.3 Å². The highest BCUT2D eigenvalue weighted by Crippen LogP contribution is 2.52. The van der Waals surface area contributed by atoms with E-state index >= 15 is 0 Å². The van der Waals surface area contributed by atoms with Crippen LogP contribution in [0.4, 0.5) is 11.4 Å². The number of nitrogens with zero attached hydrogens (tertiary/aromatic N) is 8. The van der Waals surface area contributed by atoms with Crippen LogP contribution in [0.25, 0.3) is 28.9 Å². The standard InChI is InChI=1S/C68H56N9O/c69-44-51-20-29-74(30-21-51)47-54-38-55(48-75-31-22-52(45-70)23-32-75)40-56(39-54)49-76-35-26-58(27-36-76)57-24-33-73(34-25-57)37-28-72-68(78)61(46-71)41-53-16-19-67-65(43-53)63-12-7-13-66(63)77(67)62-17-14-50(15-18-62)42-64(59-8-3-1-4-9-59)60-10-5-2-6-11-60/h1-6,8-11,14-27,29-36,38-43,63,66H,7,12-13,28,37,47-49H2/q+3/p+1/b61-41+. The number of fused-ring (bicyclic) bond motifs is 3. The van der Waals surface area contributed by atoms with E-state index in [1.807, 2.05) is 72.1 Å². The van der Waals surface area contributed by atoms with Gasteiger partial charge in [0.1, 0.15) is 11.6 Å². The number of hydrogen-bond donors (Lipinski definition) is 1. The Kier molecular flexibility index (Phi) is 14.9. The second-order valence-electron chi connectivity index (χ2n) is 20.1. The summed E-state index contributed by atoms with van der Waals surface area (Å²) >= 11 is 0. The molecule has 4 aromatic heterocycles. The Labute approximate surface area is 455 Å². The molecule has 0 bridgehead atoms. The van der Waals surface area contributed by atoms with Crippen molar-refractivity contribution in [3.63, 3.8) is 0 Å². The normalized spacial score (nSPS) is 14.3. The second-order valence-corrected chi connectivity index (χ2v) is 20.1. The van der Waals surface area contributed by atoms with E-state index in [4.69, 9.17) is 0 Å². The van der Waals surface area contributed by atoms with Crippen molar-refractivity contribution in [1.82, 2.24) is 5.32 Å². The maximum atomic E-state index is 13.4. The Balaban J connectivity index is 0.713. The smallest absolute Gasteiger partial charge is 0.262 e. The lowest BCUT2D eigenvalue weighted by Gasteiger charge is -2.27. The first-order chi connectivity index (χ1) is 38.4. The summed E-state index contributed by atoms with van der Waals surface area (Å²) in [6, 6.07) is 65.6. The molecule has 1 aliphatic heterocycles. The van der Waals surface area contributed by atoms with Crippen LogP contribution in [-0.2, 0) is 31.0 Å². The summed E-state index contributed by atoms with van der Waals surface area (Å²) in [5, 5.41) is 31.7. The van der Waals surface area contributed by atoms with Crippen molar-refractivity contribution in [3.8, 4) is 29.3 Å². The molecular weight excluding hydrogens is 959 g/mol. The largest absolute Gasteiger partial charge is 0.345 e. The zero-order chi connectivity index (χ0) is 53.2. The number of anilines is 2. The summed E-state index contributed by atoms with van der Waals surface area (Å²) in [7, 11) is 0. The number of nitrogens with one attached hydrogen (secondary N) is 1. The molecule has 9 aromatic rings. The summed E-state index contributed by atoms with van der Waals surface area (Å²) in [5.74, 6) is 0.00273. The number of aromatic nitrogens is 4. The van der Waals surface area contributed by atoms with Gasteiger partial charge in [0.15, 0.2) is 75.8 Å². The zero-order valence-corrected chi connectivity index (χ0v) is 43.2. The van der Waals surface area contributed by atoms with Crippen molar-refractivity contribution < 1.29 is 23.1 Å². The molecule has 1 amide bonds. The van der Waals surface area contributed by atoms with Gasteiger partial charge in [-0.2, -0.15) is 15.8 Å². The molecule has 1 aliphatic carbocycles. The maximum Gasteiger partial charge on any atom is 0.262 e. The van der Waals surface area contributed by atoms with E-state index in [0.29, 0.717) is 55.8 Å². The van der Waals surface area contributed by atoms with E-state index in [-0.39, 0.29) is 11.5 Å². The van der Waals surface area contributed by atoms with Gasteiger partial charge < -0.3 is 10.2 Å². The molecule has 2 atom stereocenters. The summed E-state index contributed by atoms with van der Waals surface area (Å²) in [6.07, 6.45) is 23.3. The molecule has 376 valence electrons. The van der Waals surface area contributed by atoms with Crippen molar-refractivity contribution in [1.29, 1.82) is 15.8 Å². The molecule has 5 heterocycles. The van der Waals surface area contributed by atoms with Gasteiger partial charge >= 0.3 is 0 Å². The van der Waals surface area contributed by atoms with Crippen molar-refractivity contribution in [2.75, 3.05) is 11.4 Å². The minimum Gasteiger partial charge on any atom is -0.345 e. The summed E-state index contributed by atoms with van der Waals surface area (Å²) in [4.78, 5) is 15.9. The Hall–Kier alpha value is -10.1. The quantitative estimate of drug-likeness (QED) is 0.0448. The fourth-order valence-corrected chi connectivity index (χ4v) is 11.1. The summed E-state index contributed by atoms with van der Waals surface area (Å²) in [5.41, 5.74) is 16.1. The first kappa shape index (κ1) is 50.1.